The molecule has 1 fully saturated rings. The number of rotatable bonds is 1. The van der Waals surface area contributed by atoms with Gasteiger partial charge in [-0.1, -0.05) is 25.4 Å². The van der Waals surface area contributed by atoms with E-state index in [0.29, 0.717) is 31.3 Å². The van der Waals surface area contributed by atoms with E-state index in [0.717, 1.165) is 5.82 Å². The molecule has 1 aromatic rings. The molecule has 2 rings (SSSR count). The van der Waals surface area contributed by atoms with Crippen molar-refractivity contribution in [2.24, 2.45) is 0 Å². The minimum absolute atomic E-state index is 0.269. The first kappa shape index (κ1) is 18.5. The molecule has 7 heteroatoms. The Labute approximate surface area is 137 Å². The van der Waals surface area contributed by atoms with E-state index >= 15 is 0 Å². The van der Waals surface area contributed by atoms with Gasteiger partial charge in [0, 0.05) is 26.2 Å². The molecule has 2 heterocycles. The summed E-state index contributed by atoms with van der Waals surface area (Å²) in [5.74, 6) is 0.737. The number of carbonyl (C=O) groups is 1. The maximum absolute atomic E-state index is 11.9. The smallest absolute Gasteiger partial charge is 0.410 e. The molecular formula is C15H25ClN4O2. The van der Waals surface area contributed by atoms with Crippen molar-refractivity contribution in [1.29, 1.82) is 0 Å². The highest BCUT2D eigenvalue weighted by Crippen LogP contribution is 2.16. The molecule has 22 heavy (non-hydrogen) atoms. The van der Waals surface area contributed by atoms with Gasteiger partial charge in [0.25, 0.3) is 0 Å². The van der Waals surface area contributed by atoms with Crippen molar-refractivity contribution in [2.75, 3.05) is 31.1 Å². The molecule has 0 aliphatic carbocycles. The zero-order valence-electron chi connectivity index (χ0n) is 14.0. The summed E-state index contributed by atoms with van der Waals surface area (Å²) in [5, 5.41) is 0.372. The molecule has 1 aliphatic heterocycles. The van der Waals surface area contributed by atoms with Gasteiger partial charge in [0.2, 0.25) is 0 Å². The molecule has 1 saturated heterocycles. The van der Waals surface area contributed by atoms with Crippen LogP contribution in [0.25, 0.3) is 0 Å². The lowest BCUT2D eigenvalue weighted by molar-refractivity contribution is 0.0240. The molecule has 0 spiro atoms. The molecule has 6 nitrogen and oxygen atoms in total. The number of amides is 1. The SMILES string of the molecule is CC.CC(C)(C)OC(=O)N1CCN(c2cncc(Cl)n2)CC1. The summed E-state index contributed by atoms with van der Waals surface area (Å²) >= 11 is 5.83. The van der Waals surface area contributed by atoms with Gasteiger partial charge < -0.3 is 14.5 Å². The number of anilines is 1. The Morgan fingerprint density at radius 3 is 2.27 bits per heavy atom. The lowest BCUT2D eigenvalue weighted by atomic mass is 10.2. The van der Waals surface area contributed by atoms with Gasteiger partial charge in [-0.2, -0.15) is 0 Å². The van der Waals surface area contributed by atoms with Gasteiger partial charge in [-0.25, -0.2) is 9.78 Å². The average Bonchev–Trinajstić information content (AvgIpc) is 2.48. The average molecular weight is 329 g/mol. The molecule has 0 unspecified atom stereocenters. The Morgan fingerprint density at radius 1 is 1.18 bits per heavy atom. The number of hydrogen-bond donors (Lipinski definition) is 0. The number of halogens is 1. The third-order valence-corrected chi connectivity index (χ3v) is 3.03. The van der Waals surface area contributed by atoms with E-state index < -0.39 is 5.60 Å². The summed E-state index contributed by atoms with van der Waals surface area (Å²) in [6.07, 6.45) is 2.91. The number of hydrogen-bond acceptors (Lipinski definition) is 5. The van der Waals surface area contributed by atoms with Crippen molar-refractivity contribution in [1.82, 2.24) is 14.9 Å². The van der Waals surface area contributed by atoms with Crippen LogP contribution in [0.2, 0.25) is 5.15 Å². The maximum atomic E-state index is 11.9. The van der Waals surface area contributed by atoms with Crippen LogP contribution in [0.5, 0.6) is 0 Å². The normalized spacial score (nSPS) is 15.0. The van der Waals surface area contributed by atoms with Crippen molar-refractivity contribution in [3.63, 3.8) is 0 Å². The fraction of sp³-hybridized carbons (Fsp3) is 0.667. The van der Waals surface area contributed by atoms with Gasteiger partial charge in [-0.05, 0) is 20.8 Å². The molecular weight excluding hydrogens is 304 g/mol. The van der Waals surface area contributed by atoms with Crippen LogP contribution in [-0.4, -0.2) is 52.7 Å². The summed E-state index contributed by atoms with van der Waals surface area (Å²) in [6.45, 7) is 12.2. The van der Waals surface area contributed by atoms with Gasteiger partial charge in [-0.15, -0.1) is 0 Å². The first-order chi connectivity index (χ1) is 10.3. The van der Waals surface area contributed by atoms with E-state index in [1.54, 1.807) is 11.1 Å². The third-order valence-electron chi connectivity index (χ3n) is 2.85. The number of nitrogens with zero attached hydrogens (tertiary/aromatic N) is 4. The summed E-state index contributed by atoms with van der Waals surface area (Å²) < 4.78 is 5.36. The van der Waals surface area contributed by atoms with E-state index in [1.807, 2.05) is 34.6 Å². The third kappa shape index (κ3) is 5.67. The van der Waals surface area contributed by atoms with Crippen molar-refractivity contribution in [3.05, 3.63) is 17.5 Å². The molecule has 1 aliphatic rings. The van der Waals surface area contributed by atoms with Gasteiger partial charge in [0.05, 0.1) is 12.4 Å². The number of aromatic nitrogens is 2. The second kappa shape index (κ2) is 8.17. The first-order valence-corrected chi connectivity index (χ1v) is 7.93. The second-order valence-electron chi connectivity index (χ2n) is 5.65. The minimum Gasteiger partial charge on any atom is -0.444 e. The second-order valence-corrected chi connectivity index (χ2v) is 6.04. The van der Waals surface area contributed by atoms with Gasteiger partial charge in [-0.3, -0.25) is 4.98 Å². The molecule has 1 amide bonds. The van der Waals surface area contributed by atoms with Crippen LogP contribution >= 0.6 is 11.6 Å². The summed E-state index contributed by atoms with van der Waals surface area (Å²) in [7, 11) is 0. The predicted molar refractivity (Wildman–Crippen MR) is 88.4 cm³/mol. The van der Waals surface area contributed by atoms with E-state index in [-0.39, 0.29) is 6.09 Å². The summed E-state index contributed by atoms with van der Waals surface area (Å²) in [6, 6.07) is 0. The molecule has 0 atom stereocenters. The summed E-state index contributed by atoms with van der Waals surface area (Å²) in [5.41, 5.74) is -0.466. The molecule has 0 radical (unpaired) electrons. The monoisotopic (exact) mass is 328 g/mol. The molecule has 124 valence electrons. The standard InChI is InChI=1S/C13H19ClN4O2.C2H6/c1-13(2,3)20-12(19)18-6-4-17(5-7-18)11-9-15-8-10(14)16-11;1-2/h8-9H,4-7H2,1-3H3;1-2H3. The maximum Gasteiger partial charge on any atom is 0.410 e. The van der Waals surface area contributed by atoms with E-state index in [4.69, 9.17) is 16.3 Å². The molecule has 0 aromatic carbocycles. The van der Waals surface area contributed by atoms with Gasteiger partial charge in [0.15, 0.2) is 0 Å². The minimum atomic E-state index is -0.466. The Kier molecular flexibility index (Phi) is 6.87. The van der Waals surface area contributed by atoms with Crippen LogP contribution in [0, 0.1) is 0 Å². The fourth-order valence-electron chi connectivity index (χ4n) is 1.93. The number of carbonyl (C=O) groups excluding carboxylic acids is 1. The Hall–Kier alpha value is -1.56. The Balaban J connectivity index is 0.00000116. The van der Waals surface area contributed by atoms with Crippen LogP contribution in [-0.2, 0) is 4.74 Å². The molecule has 0 bridgehead atoms. The van der Waals surface area contributed by atoms with Crippen LogP contribution in [0.3, 0.4) is 0 Å². The van der Waals surface area contributed by atoms with Crippen LogP contribution < -0.4 is 4.90 Å². The van der Waals surface area contributed by atoms with Gasteiger partial charge in [0.1, 0.15) is 16.6 Å². The van der Waals surface area contributed by atoms with Crippen molar-refractivity contribution in [2.45, 2.75) is 40.2 Å². The number of piperazine rings is 1. The fourth-order valence-corrected chi connectivity index (χ4v) is 2.07. The zero-order valence-corrected chi connectivity index (χ0v) is 14.7. The van der Waals surface area contributed by atoms with Crippen LogP contribution in [0.15, 0.2) is 12.4 Å². The highest BCUT2D eigenvalue weighted by atomic mass is 35.5. The quantitative estimate of drug-likeness (QED) is 0.792. The first-order valence-electron chi connectivity index (χ1n) is 7.55. The Morgan fingerprint density at radius 2 is 1.77 bits per heavy atom. The van der Waals surface area contributed by atoms with Crippen LogP contribution in [0.4, 0.5) is 10.6 Å². The van der Waals surface area contributed by atoms with E-state index in [1.165, 1.54) is 6.20 Å². The summed E-state index contributed by atoms with van der Waals surface area (Å²) in [4.78, 5) is 24.0. The van der Waals surface area contributed by atoms with Crippen molar-refractivity contribution < 1.29 is 9.53 Å². The predicted octanol–water partition coefficient (Wildman–Crippen LogP) is 3.21. The van der Waals surface area contributed by atoms with Gasteiger partial charge >= 0.3 is 6.09 Å². The molecule has 1 aromatic heterocycles. The largest absolute Gasteiger partial charge is 0.444 e. The highest BCUT2D eigenvalue weighted by Gasteiger charge is 2.26. The lowest BCUT2D eigenvalue weighted by Gasteiger charge is -2.36. The zero-order chi connectivity index (χ0) is 16.8. The van der Waals surface area contributed by atoms with Crippen molar-refractivity contribution >= 4 is 23.5 Å². The number of ether oxygens (including phenoxy) is 1. The lowest BCUT2D eigenvalue weighted by Crippen LogP contribution is -2.50. The van der Waals surface area contributed by atoms with Crippen LogP contribution in [0.1, 0.15) is 34.6 Å². The highest BCUT2D eigenvalue weighted by molar-refractivity contribution is 6.29. The molecule has 0 saturated carbocycles. The Bertz CT molecular complexity index is 483. The molecule has 0 N–H and O–H groups in total. The van der Waals surface area contributed by atoms with E-state index in [2.05, 4.69) is 14.9 Å². The topological polar surface area (TPSA) is 58.6 Å². The van der Waals surface area contributed by atoms with Crippen molar-refractivity contribution in [3.8, 4) is 0 Å². The van der Waals surface area contributed by atoms with E-state index in [9.17, 15) is 4.79 Å².